The highest BCUT2D eigenvalue weighted by Gasteiger charge is 2.70. The lowest BCUT2D eigenvalue weighted by Gasteiger charge is -2.72. The monoisotopic (exact) mass is 715 g/mol. The van der Waals surface area contributed by atoms with Crippen molar-refractivity contribution < 1.29 is 24.2 Å². The zero-order valence-electron chi connectivity index (χ0n) is 33.4. The minimum atomic E-state index is -0.817. The van der Waals surface area contributed by atoms with E-state index >= 15 is 0 Å². The minimum absolute atomic E-state index is 0.0564. The zero-order valence-corrected chi connectivity index (χ0v) is 33.4. The molecule has 8 nitrogen and oxygen atoms in total. The highest BCUT2D eigenvalue weighted by Crippen LogP contribution is 2.77. The smallest absolute Gasteiger partial charge is 0.309 e. The number of carbonyl (C=O) groups excluding carboxylic acids is 2. The van der Waals surface area contributed by atoms with E-state index in [-0.39, 0.29) is 51.0 Å². The van der Waals surface area contributed by atoms with E-state index in [4.69, 9.17) is 4.74 Å². The predicted molar refractivity (Wildman–Crippen MR) is 201 cm³/mol. The standard InChI is InChI=1S/C44H65N3O5/c1-26(2)35-30(48)24-44(19-22-45-25-34-46-20-10-21-47-34)18-17-42(8)27(36(35)44)11-12-32-41(7)15-14-33(40(5,6)31(41)13-16-43(32,42)9)52-38(51)29-23-28(37(49)50)39(29,3)4/h10,20-21,26-29,31-33,45H,11-19,22-25H2,1-9H3,(H,49,50)/t27-,28+,29-,31+,32-,33+,41+,42-,43-,44-/m1/s1. The van der Waals surface area contributed by atoms with Gasteiger partial charge in [0.05, 0.1) is 18.4 Å². The van der Waals surface area contributed by atoms with Crippen molar-refractivity contribution in [1.82, 2.24) is 15.3 Å². The third kappa shape index (κ3) is 5.40. The Morgan fingerprint density at radius 2 is 1.60 bits per heavy atom. The van der Waals surface area contributed by atoms with Crippen LogP contribution in [0.3, 0.4) is 0 Å². The number of nitrogens with one attached hydrogen (secondary N) is 1. The Bertz CT molecular complexity index is 1630. The lowest BCUT2D eigenvalue weighted by molar-refractivity contribution is -0.236. The topological polar surface area (TPSA) is 118 Å². The van der Waals surface area contributed by atoms with Gasteiger partial charge in [-0.3, -0.25) is 14.4 Å². The first-order chi connectivity index (χ1) is 24.3. The zero-order chi connectivity index (χ0) is 37.6. The van der Waals surface area contributed by atoms with Crippen LogP contribution in [0.5, 0.6) is 0 Å². The molecule has 52 heavy (non-hydrogen) atoms. The number of rotatable bonds is 9. The molecule has 1 heterocycles. The molecule has 0 spiro atoms. The second kappa shape index (κ2) is 12.7. The summed E-state index contributed by atoms with van der Waals surface area (Å²) in [5.74, 6) is 0.986. The highest BCUT2D eigenvalue weighted by atomic mass is 16.5. The molecular formula is C44H65N3O5. The third-order valence-electron chi connectivity index (χ3n) is 17.3. The molecule has 5 fully saturated rings. The van der Waals surface area contributed by atoms with E-state index < -0.39 is 17.3 Å². The van der Waals surface area contributed by atoms with Crippen LogP contribution < -0.4 is 5.32 Å². The van der Waals surface area contributed by atoms with E-state index in [9.17, 15) is 19.5 Å². The number of fused-ring (bicyclic) bond motifs is 7. The number of carbonyl (C=O) groups is 3. The molecule has 6 aliphatic carbocycles. The molecule has 286 valence electrons. The molecule has 8 heteroatoms. The Labute approximate surface area is 312 Å². The van der Waals surface area contributed by atoms with Crippen molar-refractivity contribution in [1.29, 1.82) is 0 Å². The second-order valence-corrected chi connectivity index (χ2v) is 20.4. The first-order valence-corrected chi connectivity index (χ1v) is 20.5. The number of allylic oxidation sites excluding steroid dienone is 2. The molecule has 0 amide bonds. The third-order valence-corrected chi connectivity index (χ3v) is 17.3. The van der Waals surface area contributed by atoms with Gasteiger partial charge in [-0.05, 0) is 128 Å². The van der Waals surface area contributed by atoms with Crippen LogP contribution in [-0.4, -0.2) is 45.4 Å². The fraction of sp³-hybridized carbons (Fsp3) is 0.795. The average molecular weight is 716 g/mol. The Kier molecular flexibility index (Phi) is 9.23. The second-order valence-electron chi connectivity index (χ2n) is 20.4. The summed E-state index contributed by atoms with van der Waals surface area (Å²) in [6.45, 7) is 22.2. The van der Waals surface area contributed by atoms with Gasteiger partial charge in [0.1, 0.15) is 11.9 Å². The molecule has 5 saturated carbocycles. The summed E-state index contributed by atoms with van der Waals surface area (Å²) in [6, 6.07) is 1.85. The number of esters is 1. The van der Waals surface area contributed by atoms with Crippen LogP contribution in [0.1, 0.15) is 139 Å². The molecule has 0 aromatic carbocycles. The van der Waals surface area contributed by atoms with Gasteiger partial charge in [-0.25, -0.2) is 9.97 Å². The van der Waals surface area contributed by atoms with E-state index in [0.717, 1.165) is 69.3 Å². The van der Waals surface area contributed by atoms with Crippen molar-refractivity contribution in [3.05, 3.63) is 35.4 Å². The van der Waals surface area contributed by atoms with Crippen molar-refractivity contribution in [2.24, 2.45) is 68.0 Å². The number of nitrogens with zero attached hydrogens (tertiary/aromatic N) is 2. The first-order valence-electron chi connectivity index (χ1n) is 20.5. The van der Waals surface area contributed by atoms with Crippen LogP contribution in [0.4, 0.5) is 0 Å². The van der Waals surface area contributed by atoms with Crippen LogP contribution in [0, 0.1) is 68.0 Å². The molecule has 0 bridgehead atoms. The van der Waals surface area contributed by atoms with Gasteiger partial charge in [0.2, 0.25) is 0 Å². The summed E-state index contributed by atoms with van der Waals surface area (Å²) in [4.78, 5) is 48.1. The number of aromatic nitrogens is 2. The predicted octanol–water partition coefficient (Wildman–Crippen LogP) is 8.60. The summed E-state index contributed by atoms with van der Waals surface area (Å²) < 4.78 is 6.42. The molecular weight excluding hydrogens is 651 g/mol. The summed E-state index contributed by atoms with van der Waals surface area (Å²) in [7, 11) is 0. The Balaban J connectivity index is 1.11. The summed E-state index contributed by atoms with van der Waals surface area (Å²) in [5.41, 5.74) is 2.27. The number of Topliss-reactive ketones (excluding diaryl/α,β-unsaturated/α-hetero) is 1. The van der Waals surface area contributed by atoms with Gasteiger partial charge in [0, 0.05) is 29.6 Å². The molecule has 10 atom stereocenters. The largest absolute Gasteiger partial charge is 0.481 e. The van der Waals surface area contributed by atoms with Crippen molar-refractivity contribution in [3.63, 3.8) is 0 Å². The number of carboxylic acid groups (broad SMARTS) is 1. The van der Waals surface area contributed by atoms with Gasteiger partial charge < -0.3 is 15.2 Å². The quantitative estimate of drug-likeness (QED) is 0.193. The van der Waals surface area contributed by atoms with Gasteiger partial charge >= 0.3 is 11.9 Å². The number of aliphatic carboxylic acids is 1. The summed E-state index contributed by atoms with van der Waals surface area (Å²) in [6.07, 6.45) is 14.2. The molecule has 1 aromatic rings. The van der Waals surface area contributed by atoms with E-state index in [2.05, 4.69) is 63.8 Å². The maximum atomic E-state index is 14.0. The van der Waals surface area contributed by atoms with Gasteiger partial charge in [-0.1, -0.05) is 67.9 Å². The van der Waals surface area contributed by atoms with Gasteiger partial charge in [0.15, 0.2) is 5.78 Å². The molecule has 0 aliphatic heterocycles. The van der Waals surface area contributed by atoms with E-state index in [1.807, 2.05) is 19.9 Å². The lowest BCUT2D eigenvalue weighted by atomic mass is 9.33. The molecule has 2 N–H and O–H groups in total. The first kappa shape index (κ1) is 37.7. The molecule has 7 rings (SSSR count). The van der Waals surface area contributed by atoms with E-state index in [1.54, 1.807) is 12.4 Å². The van der Waals surface area contributed by atoms with Crippen LogP contribution in [0.2, 0.25) is 0 Å². The molecule has 0 saturated heterocycles. The van der Waals surface area contributed by atoms with Crippen molar-refractivity contribution in [2.45, 2.75) is 146 Å². The van der Waals surface area contributed by atoms with Gasteiger partial charge in [-0.15, -0.1) is 0 Å². The molecule has 0 unspecified atom stereocenters. The average Bonchev–Trinajstić information content (AvgIpc) is 3.37. The van der Waals surface area contributed by atoms with Crippen LogP contribution in [0.15, 0.2) is 29.6 Å². The maximum Gasteiger partial charge on any atom is 0.309 e. The number of hydrogen-bond donors (Lipinski definition) is 2. The Morgan fingerprint density at radius 3 is 2.25 bits per heavy atom. The lowest BCUT2D eigenvalue weighted by Crippen LogP contribution is -2.66. The molecule has 6 aliphatic rings. The number of ether oxygens (including phenoxy) is 1. The summed E-state index contributed by atoms with van der Waals surface area (Å²) >= 11 is 0. The van der Waals surface area contributed by atoms with Crippen molar-refractivity contribution >= 4 is 17.7 Å². The normalized spacial score (nSPS) is 41.7. The van der Waals surface area contributed by atoms with Crippen LogP contribution >= 0.6 is 0 Å². The van der Waals surface area contributed by atoms with E-state index in [0.29, 0.717) is 42.9 Å². The SMILES string of the molecule is CC(C)C1=C2[C@H]3CC[C@@H]4[C@@]5(C)CC[C@H](OC(=O)[C@H]6C[C@@H](C(=O)O)C6(C)C)C(C)(C)[C@@H]5CC[C@@]4(C)[C@]3(C)CC[C@@]2(CCNCc2ncccn2)CC1=O. The Hall–Kier alpha value is -2.61. The highest BCUT2D eigenvalue weighted by molar-refractivity contribution is 6.00. The van der Waals surface area contributed by atoms with Crippen LogP contribution in [-0.2, 0) is 25.7 Å². The number of ketones is 1. The number of hydrogen-bond acceptors (Lipinski definition) is 7. The fourth-order valence-electron chi connectivity index (χ4n) is 14.2. The summed E-state index contributed by atoms with van der Waals surface area (Å²) in [5, 5.41) is 13.3. The molecule has 0 radical (unpaired) electrons. The van der Waals surface area contributed by atoms with Crippen molar-refractivity contribution in [2.75, 3.05) is 6.54 Å². The number of carboxylic acids is 1. The minimum Gasteiger partial charge on any atom is -0.481 e. The van der Waals surface area contributed by atoms with Crippen LogP contribution in [0.25, 0.3) is 0 Å². The van der Waals surface area contributed by atoms with Crippen molar-refractivity contribution in [3.8, 4) is 0 Å². The maximum absolute atomic E-state index is 14.0. The van der Waals surface area contributed by atoms with E-state index in [1.165, 1.54) is 12.0 Å². The fourth-order valence-corrected chi connectivity index (χ4v) is 14.2. The van der Waals surface area contributed by atoms with Gasteiger partial charge in [0.25, 0.3) is 0 Å². The molecule has 1 aromatic heterocycles. The Morgan fingerprint density at radius 1 is 0.885 bits per heavy atom. The van der Waals surface area contributed by atoms with Gasteiger partial charge in [-0.2, -0.15) is 0 Å².